The molecule has 3 aromatic rings. The Balaban J connectivity index is 1.39. The molecule has 1 aliphatic carbocycles. The number of thiazole rings is 1. The lowest BCUT2D eigenvalue weighted by Crippen LogP contribution is -2.27. The second-order valence-electron chi connectivity index (χ2n) is 6.99. The van der Waals surface area contributed by atoms with E-state index in [-0.39, 0.29) is 17.9 Å². The maximum atomic E-state index is 12.7. The molecule has 0 radical (unpaired) electrons. The van der Waals surface area contributed by atoms with Gasteiger partial charge in [-0.1, -0.05) is 36.0 Å². The number of benzene rings is 2. The van der Waals surface area contributed by atoms with Crippen LogP contribution in [-0.4, -0.2) is 22.8 Å². The van der Waals surface area contributed by atoms with Gasteiger partial charge in [-0.15, -0.1) is 11.3 Å². The van der Waals surface area contributed by atoms with Gasteiger partial charge in [0, 0.05) is 28.4 Å². The Hall–Kier alpha value is -2.64. The Morgan fingerprint density at radius 1 is 1.10 bits per heavy atom. The average molecular weight is 424 g/mol. The van der Waals surface area contributed by atoms with Crippen molar-refractivity contribution in [3.63, 3.8) is 0 Å². The van der Waals surface area contributed by atoms with Gasteiger partial charge < -0.3 is 10.6 Å². The average Bonchev–Trinajstić information content (AvgIpc) is 3.45. The van der Waals surface area contributed by atoms with Crippen LogP contribution in [0.3, 0.4) is 0 Å². The lowest BCUT2D eigenvalue weighted by molar-refractivity contribution is 0.0952. The molecule has 7 heteroatoms. The number of aryl methyl sites for hydroxylation is 1. The Morgan fingerprint density at radius 3 is 2.55 bits per heavy atom. The van der Waals surface area contributed by atoms with Crippen molar-refractivity contribution < 1.29 is 9.59 Å². The van der Waals surface area contributed by atoms with Crippen molar-refractivity contribution in [2.75, 3.05) is 5.32 Å². The lowest BCUT2D eigenvalue weighted by atomic mass is 10.1. The fourth-order valence-electron chi connectivity index (χ4n) is 2.77. The number of para-hydroxylation sites is 1. The summed E-state index contributed by atoms with van der Waals surface area (Å²) in [6, 6.07) is 14.9. The second-order valence-corrected chi connectivity index (χ2v) is 9.07. The quantitative estimate of drug-likeness (QED) is 0.531. The van der Waals surface area contributed by atoms with Crippen LogP contribution in [-0.2, 0) is 5.75 Å². The third-order valence-corrected chi connectivity index (χ3v) is 6.72. The Morgan fingerprint density at radius 2 is 1.86 bits per heavy atom. The van der Waals surface area contributed by atoms with E-state index >= 15 is 0 Å². The van der Waals surface area contributed by atoms with E-state index in [9.17, 15) is 9.59 Å². The number of nitrogens with zero attached hydrogens (tertiary/aromatic N) is 1. The van der Waals surface area contributed by atoms with E-state index in [0.717, 1.165) is 34.2 Å². The van der Waals surface area contributed by atoms with Crippen LogP contribution in [0.15, 0.2) is 58.3 Å². The van der Waals surface area contributed by atoms with Crippen molar-refractivity contribution in [3.05, 3.63) is 76.3 Å². The normalized spacial score (nSPS) is 13.1. The first kappa shape index (κ1) is 19.7. The molecule has 1 aromatic heterocycles. The van der Waals surface area contributed by atoms with E-state index in [4.69, 9.17) is 0 Å². The number of carbonyl (C=O) groups excluding carboxylic acids is 2. The number of carbonyl (C=O) groups is 2. The summed E-state index contributed by atoms with van der Waals surface area (Å²) < 4.78 is 1.05. The highest BCUT2D eigenvalue weighted by Gasteiger charge is 2.25. The molecule has 1 fully saturated rings. The van der Waals surface area contributed by atoms with Crippen LogP contribution in [0.25, 0.3) is 0 Å². The molecule has 0 spiro atoms. The van der Waals surface area contributed by atoms with Gasteiger partial charge in [-0.2, -0.15) is 0 Å². The summed E-state index contributed by atoms with van der Waals surface area (Å²) in [6.07, 6.45) is 2.04. The first-order valence-electron chi connectivity index (χ1n) is 9.43. The lowest BCUT2D eigenvalue weighted by Gasteiger charge is -2.11. The number of rotatable bonds is 7. The monoisotopic (exact) mass is 423 g/mol. The molecule has 0 unspecified atom stereocenters. The number of hydrogen-bond acceptors (Lipinski definition) is 5. The van der Waals surface area contributed by atoms with Gasteiger partial charge in [-0.3, -0.25) is 9.59 Å². The zero-order valence-corrected chi connectivity index (χ0v) is 17.6. The van der Waals surface area contributed by atoms with Gasteiger partial charge in [0.1, 0.15) is 4.34 Å². The van der Waals surface area contributed by atoms with E-state index < -0.39 is 0 Å². The van der Waals surface area contributed by atoms with Crippen LogP contribution in [0.4, 0.5) is 5.69 Å². The minimum Gasteiger partial charge on any atom is -0.349 e. The van der Waals surface area contributed by atoms with Crippen molar-refractivity contribution in [2.24, 2.45) is 0 Å². The summed E-state index contributed by atoms with van der Waals surface area (Å²) in [4.78, 5) is 29.5. The second kappa shape index (κ2) is 8.80. The van der Waals surface area contributed by atoms with Gasteiger partial charge in [0.2, 0.25) is 0 Å². The molecule has 2 N–H and O–H groups in total. The highest BCUT2D eigenvalue weighted by Crippen LogP contribution is 2.26. The highest BCUT2D eigenvalue weighted by atomic mass is 32.2. The Kier molecular flexibility index (Phi) is 5.97. The van der Waals surface area contributed by atoms with Gasteiger partial charge in [0.15, 0.2) is 0 Å². The van der Waals surface area contributed by atoms with Crippen LogP contribution in [0.1, 0.15) is 44.8 Å². The summed E-state index contributed by atoms with van der Waals surface area (Å²) in [5.74, 6) is 0.429. The number of aromatic nitrogens is 1. The maximum absolute atomic E-state index is 12.7. The fraction of sp³-hybridized carbons (Fsp3) is 0.227. The third kappa shape index (κ3) is 5.25. The standard InChI is InChI=1S/C22H21N3O2S2/c1-14-12-28-22(23-14)29-13-15-6-8-16(9-7-15)20(26)25-19-5-3-2-4-18(19)21(27)24-17-10-11-17/h2-9,12,17H,10-11,13H2,1H3,(H,24,27)(H,25,26). The van der Waals surface area contributed by atoms with E-state index in [1.54, 1.807) is 41.3 Å². The summed E-state index contributed by atoms with van der Waals surface area (Å²) in [7, 11) is 0. The maximum Gasteiger partial charge on any atom is 0.255 e. The molecular weight excluding hydrogens is 402 g/mol. The topological polar surface area (TPSA) is 71.1 Å². The van der Waals surface area contributed by atoms with Crippen molar-refractivity contribution >= 4 is 40.6 Å². The number of nitrogens with one attached hydrogen (secondary N) is 2. The molecule has 148 valence electrons. The van der Waals surface area contributed by atoms with Crippen molar-refractivity contribution in [2.45, 2.75) is 35.9 Å². The van der Waals surface area contributed by atoms with Gasteiger partial charge in [-0.05, 0) is 49.6 Å². The first-order valence-corrected chi connectivity index (χ1v) is 11.3. The molecule has 4 rings (SSSR count). The summed E-state index contributed by atoms with van der Waals surface area (Å²) >= 11 is 3.33. The summed E-state index contributed by atoms with van der Waals surface area (Å²) in [5, 5.41) is 7.87. The van der Waals surface area contributed by atoms with Crippen molar-refractivity contribution in [3.8, 4) is 0 Å². The van der Waals surface area contributed by atoms with E-state index in [1.165, 1.54) is 0 Å². The van der Waals surface area contributed by atoms with E-state index in [1.807, 2.05) is 42.6 Å². The van der Waals surface area contributed by atoms with E-state index in [0.29, 0.717) is 16.8 Å². The first-order chi connectivity index (χ1) is 14.1. The third-order valence-electron chi connectivity index (χ3n) is 4.51. The van der Waals surface area contributed by atoms with Gasteiger partial charge in [0.05, 0.1) is 11.3 Å². The number of thioether (sulfide) groups is 1. The Bertz CT molecular complexity index is 1030. The minimum atomic E-state index is -0.230. The Labute approximate surface area is 178 Å². The van der Waals surface area contributed by atoms with Crippen molar-refractivity contribution in [1.29, 1.82) is 0 Å². The molecule has 1 saturated carbocycles. The minimum absolute atomic E-state index is 0.145. The molecule has 29 heavy (non-hydrogen) atoms. The highest BCUT2D eigenvalue weighted by molar-refractivity contribution is 8.00. The van der Waals surface area contributed by atoms with Crippen LogP contribution in [0.2, 0.25) is 0 Å². The number of amides is 2. The van der Waals surface area contributed by atoms with Crippen LogP contribution in [0, 0.1) is 6.92 Å². The van der Waals surface area contributed by atoms with E-state index in [2.05, 4.69) is 15.6 Å². The summed E-state index contributed by atoms with van der Waals surface area (Å²) in [6.45, 7) is 1.99. The molecule has 0 aliphatic heterocycles. The molecular formula is C22H21N3O2S2. The molecule has 0 saturated heterocycles. The largest absolute Gasteiger partial charge is 0.349 e. The predicted octanol–water partition coefficient (Wildman–Crippen LogP) is 4.89. The number of hydrogen-bond donors (Lipinski definition) is 2. The molecule has 0 atom stereocenters. The van der Waals surface area contributed by atoms with Gasteiger partial charge in [-0.25, -0.2) is 4.98 Å². The smallest absolute Gasteiger partial charge is 0.255 e. The fourth-order valence-corrected chi connectivity index (χ4v) is 4.58. The van der Waals surface area contributed by atoms with Crippen LogP contribution in [0.5, 0.6) is 0 Å². The predicted molar refractivity (Wildman–Crippen MR) is 118 cm³/mol. The van der Waals surface area contributed by atoms with Gasteiger partial charge >= 0.3 is 0 Å². The van der Waals surface area contributed by atoms with Crippen LogP contribution >= 0.6 is 23.1 Å². The zero-order valence-electron chi connectivity index (χ0n) is 16.0. The van der Waals surface area contributed by atoms with Crippen molar-refractivity contribution in [1.82, 2.24) is 10.3 Å². The summed E-state index contributed by atoms with van der Waals surface area (Å²) in [5.41, 5.74) is 3.73. The molecule has 5 nitrogen and oxygen atoms in total. The molecule has 2 aromatic carbocycles. The number of anilines is 1. The molecule has 1 heterocycles. The molecule has 2 amide bonds. The van der Waals surface area contributed by atoms with Crippen LogP contribution < -0.4 is 10.6 Å². The SMILES string of the molecule is Cc1csc(SCc2ccc(C(=O)Nc3ccccc3C(=O)NC3CC3)cc2)n1. The van der Waals surface area contributed by atoms with Gasteiger partial charge in [0.25, 0.3) is 11.8 Å². The molecule has 1 aliphatic rings. The molecule has 0 bridgehead atoms. The zero-order chi connectivity index (χ0) is 20.2.